The van der Waals surface area contributed by atoms with Gasteiger partial charge in [0.15, 0.2) is 0 Å². The number of anilines is 2. The smallest absolute Gasteiger partial charge is 0.224 e. The third-order valence-electron chi connectivity index (χ3n) is 4.51. The summed E-state index contributed by atoms with van der Waals surface area (Å²) < 4.78 is 0. The van der Waals surface area contributed by atoms with Crippen LogP contribution in [0.3, 0.4) is 0 Å². The van der Waals surface area contributed by atoms with E-state index < -0.39 is 0 Å². The molecule has 1 aromatic carbocycles. The Morgan fingerprint density at radius 2 is 1.73 bits per heavy atom. The maximum atomic E-state index is 12.4. The minimum Gasteiger partial charge on any atom is -0.353 e. The normalized spacial score (nSPS) is 14.2. The van der Waals surface area contributed by atoms with E-state index in [0.29, 0.717) is 13.1 Å². The van der Waals surface area contributed by atoms with Crippen LogP contribution in [0.1, 0.15) is 18.4 Å². The molecule has 2 amide bonds. The van der Waals surface area contributed by atoms with Crippen molar-refractivity contribution in [3.63, 3.8) is 0 Å². The molecule has 1 saturated heterocycles. The maximum Gasteiger partial charge on any atom is 0.224 e. The van der Waals surface area contributed by atoms with Crippen LogP contribution in [0.2, 0.25) is 0 Å². The molecule has 0 saturated carbocycles. The Morgan fingerprint density at radius 3 is 2.38 bits per heavy atom. The number of rotatable bonds is 5. The van der Waals surface area contributed by atoms with Crippen molar-refractivity contribution in [2.24, 2.45) is 0 Å². The Labute approximate surface area is 153 Å². The zero-order valence-electron chi connectivity index (χ0n) is 15.0. The fourth-order valence-electron chi connectivity index (χ4n) is 2.96. The van der Waals surface area contributed by atoms with Gasteiger partial charge >= 0.3 is 0 Å². The zero-order valence-corrected chi connectivity index (χ0v) is 15.0. The highest BCUT2D eigenvalue weighted by Crippen LogP contribution is 2.14. The Kier molecular flexibility index (Phi) is 5.84. The highest BCUT2D eigenvalue weighted by Gasteiger charge is 2.22. The molecule has 2 aromatic rings. The molecule has 0 unspecified atom stereocenters. The molecule has 1 aromatic heterocycles. The third-order valence-corrected chi connectivity index (χ3v) is 4.51. The first-order valence-corrected chi connectivity index (χ1v) is 8.92. The van der Waals surface area contributed by atoms with Gasteiger partial charge in [0.05, 0.1) is 0 Å². The van der Waals surface area contributed by atoms with Gasteiger partial charge in [0.2, 0.25) is 11.8 Å². The Hall–Kier alpha value is -2.89. The number of nitrogens with zero attached hydrogens (tertiary/aromatic N) is 3. The van der Waals surface area contributed by atoms with Crippen molar-refractivity contribution < 1.29 is 9.59 Å². The monoisotopic (exact) mass is 352 g/mol. The fraction of sp³-hybridized carbons (Fsp3) is 0.350. The van der Waals surface area contributed by atoms with Gasteiger partial charge in [0, 0.05) is 50.9 Å². The molecule has 0 atom stereocenters. The second kappa shape index (κ2) is 8.47. The molecule has 1 aliphatic heterocycles. The summed E-state index contributed by atoms with van der Waals surface area (Å²) in [4.78, 5) is 32.7. The first-order chi connectivity index (χ1) is 12.6. The van der Waals surface area contributed by atoms with Crippen LogP contribution in [-0.2, 0) is 9.59 Å². The molecule has 1 N–H and O–H groups in total. The first-order valence-electron chi connectivity index (χ1n) is 8.92. The lowest BCUT2D eigenvalue weighted by atomic mass is 10.2. The summed E-state index contributed by atoms with van der Waals surface area (Å²) in [7, 11) is 0. The van der Waals surface area contributed by atoms with E-state index in [1.54, 1.807) is 6.20 Å². The molecule has 6 nitrogen and oxygen atoms in total. The highest BCUT2D eigenvalue weighted by molar-refractivity contribution is 5.93. The van der Waals surface area contributed by atoms with Crippen molar-refractivity contribution in [2.75, 3.05) is 36.4 Å². The summed E-state index contributed by atoms with van der Waals surface area (Å²) in [5, 5.41) is 2.83. The molecule has 1 aliphatic rings. The van der Waals surface area contributed by atoms with Crippen molar-refractivity contribution in [3.05, 3.63) is 54.2 Å². The van der Waals surface area contributed by atoms with Crippen LogP contribution in [0.25, 0.3) is 0 Å². The molecule has 0 aliphatic carbocycles. The first kappa shape index (κ1) is 17.9. The molecular weight excluding hydrogens is 328 g/mol. The summed E-state index contributed by atoms with van der Waals surface area (Å²) in [6.45, 7) is 4.85. The van der Waals surface area contributed by atoms with E-state index in [1.165, 1.54) is 0 Å². The number of aryl methyl sites for hydroxylation is 1. The maximum absolute atomic E-state index is 12.4. The van der Waals surface area contributed by atoms with E-state index in [-0.39, 0.29) is 24.7 Å². The molecule has 0 radical (unpaired) electrons. The van der Waals surface area contributed by atoms with E-state index in [1.807, 2.05) is 54.3 Å². The number of carbonyl (C=O) groups is 2. The van der Waals surface area contributed by atoms with Gasteiger partial charge < -0.3 is 15.1 Å². The lowest BCUT2D eigenvalue weighted by Gasteiger charge is -2.35. The van der Waals surface area contributed by atoms with Crippen molar-refractivity contribution in [2.45, 2.75) is 19.8 Å². The number of hydrogen-bond acceptors (Lipinski definition) is 4. The lowest BCUT2D eigenvalue weighted by molar-refractivity contribution is -0.133. The second-order valence-electron chi connectivity index (χ2n) is 6.47. The molecule has 1 fully saturated rings. The topological polar surface area (TPSA) is 65.5 Å². The standard InChI is InChI=1S/C20H24N4O2/c1-16-5-7-17(8-6-16)22-19(25)9-10-20(26)24-14-12-23(13-15-24)18-4-2-3-11-21-18/h2-8,11H,9-10,12-15H2,1H3,(H,22,25). The van der Waals surface area contributed by atoms with Crippen LogP contribution in [0, 0.1) is 6.92 Å². The molecule has 0 bridgehead atoms. The Morgan fingerprint density at radius 1 is 1.00 bits per heavy atom. The van der Waals surface area contributed by atoms with Crippen molar-refractivity contribution in [3.8, 4) is 0 Å². The van der Waals surface area contributed by atoms with Crippen LogP contribution < -0.4 is 10.2 Å². The third kappa shape index (κ3) is 4.81. The summed E-state index contributed by atoms with van der Waals surface area (Å²) >= 11 is 0. The highest BCUT2D eigenvalue weighted by atomic mass is 16.2. The largest absolute Gasteiger partial charge is 0.353 e. The zero-order chi connectivity index (χ0) is 18.4. The van der Waals surface area contributed by atoms with Gasteiger partial charge in [-0.15, -0.1) is 0 Å². The molecule has 6 heteroatoms. The average molecular weight is 352 g/mol. The van der Waals surface area contributed by atoms with Crippen LogP contribution in [-0.4, -0.2) is 47.9 Å². The lowest BCUT2D eigenvalue weighted by Crippen LogP contribution is -2.49. The van der Waals surface area contributed by atoms with Gasteiger partial charge in [-0.1, -0.05) is 23.8 Å². The minimum atomic E-state index is -0.130. The average Bonchev–Trinajstić information content (AvgIpc) is 2.69. The fourth-order valence-corrected chi connectivity index (χ4v) is 2.96. The van der Waals surface area contributed by atoms with Crippen molar-refractivity contribution in [1.29, 1.82) is 0 Å². The van der Waals surface area contributed by atoms with Crippen LogP contribution in [0.4, 0.5) is 11.5 Å². The second-order valence-corrected chi connectivity index (χ2v) is 6.47. The van der Waals surface area contributed by atoms with Gasteiger partial charge in [-0.25, -0.2) is 4.98 Å². The van der Waals surface area contributed by atoms with Gasteiger partial charge in [-0.3, -0.25) is 9.59 Å². The minimum absolute atomic E-state index is 0.0322. The number of carbonyl (C=O) groups excluding carboxylic acids is 2. The van der Waals surface area contributed by atoms with E-state index in [2.05, 4.69) is 15.2 Å². The predicted octanol–water partition coefficient (Wildman–Crippen LogP) is 2.46. The van der Waals surface area contributed by atoms with Crippen LogP contribution in [0.5, 0.6) is 0 Å². The van der Waals surface area contributed by atoms with Gasteiger partial charge in [-0.05, 0) is 31.2 Å². The molecule has 0 spiro atoms. The number of amides is 2. The van der Waals surface area contributed by atoms with Crippen molar-refractivity contribution in [1.82, 2.24) is 9.88 Å². The number of pyridine rings is 1. The van der Waals surface area contributed by atoms with E-state index >= 15 is 0 Å². The van der Waals surface area contributed by atoms with E-state index in [9.17, 15) is 9.59 Å². The Balaban J connectivity index is 1.41. The van der Waals surface area contributed by atoms with E-state index in [0.717, 1.165) is 30.2 Å². The number of hydrogen-bond donors (Lipinski definition) is 1. The number of nitrogens with one attached hydrogen (secondary N) is 1. The molecular formula is C20H24N4O2. The van der Waals surface area contributed by atoms with Crippen molar-refractivity contribution >= 4 is 23.3 Å². The summed E-state index contributed by atoms with van der Waals surface area (Å²) in [6, 6.07) is 13.5. The Bertz CT molecular complexity index is 738. The summed E-state index contributed by atoms with van der Waals surface area (Å²) in [5.74, 6) is 0.844. The van der Waals surface area contributed by atoms with Crippen LogP contribution >= 0.6 is 0 Å². The van der Waals surface area contributed by atoms with Gasteiger partial charge in [-0.2, -0.15) is 0 Å². The number of piperazine rings is 1. The SMILES string of the molecule is Cc1ccc(NC(=O)CCC(=O)N2CCN(c3ccccn3)CC2)cc1. The molecule has 3 rings (SSSR count). The predicted molar refractivity (Wildman–Crippen MR) is 102 cm³/mol. The quantitative estimate of drug-likeness (QED) is 0.898. The number of aromatic nitrogens is 1. The molecule has 2 heterocycles. The summed E-state index contributed by atoms with van der Waals surface area (Å²) in [6.07, 6.45) is 2.22. The van der Waals surface area contributed by atoms with Gasteiger partial charge in [0.1, 0.15) is 5.82 Å². The molecule has 136 valence electrons. The van der Waals surface area contributed by atoms with Crippen LogP contribution in [0.15, 0.2) is 48.7 Å². The summed E-state index contributed by atoms with van der Waals surface area (Å²) in [5.41, 5.74) is 1.90. The number of benzene rings is 1. The molecule has 26 heavy (non-hydrogen) atoms. The van der Waals surface area contributed by atoms with Gasteiger partial charge in [0.25, 0.3) is 0 Å². The van der Waals surface area contributed by atoms with E-state index in [4.69, 9.17) is 0 Å².